The summed E-state index contributed by atoms with van der Waals surface area (Å²) in [7, 11) is -3.79. The smallest absolute Gasteiger partial charge is 0.321 e. The SMILES string of the molecule is CCOC(=O)CS(=O)(=O)CC(=O)c1cccc(C)c1. The normalized spacial score (nSPS) is 11.1. The van der Waals surface area contributed by atoms with E-state index < -0.39 is 33.1 Å². The summed E-state index contributed by atoms with van der Waals surface area (Å²) in [6, 6.07) is 6.65. The first-order valence-electron chi connectivity index (χ1n) is 5.80. The Hall–Kier alpha value is -1.69. The Labute approximate surface area is 112 Å². The van der Waals surface area contributed by atoms with Gasteiger partial charge in [-0.25, -0.2) is 8.42 Å². The molecule has 6 heteroatoms. The van der Waals surface area contributed by atoms with Crippen LogP contribution >= 0.6 is 0 Å². The molecular formula is C13H16O5S. The van der Waals surface area contributed by atoms with E-state index >= 15 is 0 Å². The second-order valence-corrected chi connectivity index (χ2v) is 6.19. The molecule has 0 fully saturated rings. The van der Waals surface area contributed by atoms with Crippen LogP contribution in [0, 0.1) is 6.92 Å². The van der Waals surface area contributed by atoms with Gasteiger partial charge in [-0.15, -0.1) is 0 Å². The summed E-state index contributed by atoms with van der Waals surface area (Å²) in [5.74, 6) is -2.80. The van der Waals surface area contributed by atoms with Gasteiger partial charge in [0.15, 0.2) is 15.6 Å². The van der Waals surface area contributed by atoms with Crippen molar-refractivity contribution in [2.75, 3.05) is 18.1 Å². The Morgan fingerprint density at radius 3 is 2.47 bits per heavy atom. The van der Waals surface area contributed by atoms with Crippen LogP contribution in [0.4, 0.5) is 0 Å². The number of ketones is 1. The van der Waals surface area contributed by atoms with Gasteiger partial charge in [-0.3, -0.25) is 9.59 Å². The third kappa shape index (κ3) is 5.21. The molecule has 0 aliphatic heterocycles. The summed E-state index contributed by atoms with van der Waals surface area (Å²) in [4.78, 5) is 22.9. The first-order chi connectivity index (χ1) is 8.84. The topological polar surface area (TPSA) is 77.5 Å². The fourth-order valence-corrected chi connectivity index (χ4v) is 2.65. The Balaban J connectivity index is 2.73. The number of benzene rings is 1. The summed E-state index contributed by atoms with van der Waals surface area (Å²) < 4.78 is 27.9. The molecule has 1 aromatic rings. The molecule has 0 saturated heterocycles. The average Bonchev–Trinajstić information content (AvgIpc) is 2.27. The van der Waals surface area contributed by atoms with E-state index in [1.807, 2.05) is 13.0 Å². The molecule has 0 unspecified atom stereocenters. The number of sulfone groups is 1. The fourth-order valence-electron chi connectivity index (χ4n) is 1.53. The predicted molar refractivity (Wildman–Crippen MR) is 70.8 cm³/mol. The van der Waals surface area contributed by atoms with Crippen molar-refractivity contribution in [3.05, 3.63) is 35.4 Å². The lowest BCUT2D eigenvalue weighted by Gasteiger charge is -2.04. The van der Waals surface area contributed by atoms with Crippen molar-refractivity contribution >= 4 is 21.6 Å². The summed E-state index contributed by atoms with van der Waals surface area (Å²) in [6.45, 7) is 3.51. The predicted octanol–water partition coefficient (Wildman–Crippen LogP) is 1.16. The summed E-state index contributed by atoms with van der Waals surface area (Å²) in [5, 5.41) is 0. The number of Topliss-reactive ketones (excluding diaryl/α,β-unsaturated/α-hetero) is 1. The van der Waals surface area contributed by atoms with Crippen LogP contribution in [-0.4, -0.2) is 38.3 Å². The first kappa shape index (κ1) is 15.4. The van der Waals surface area contributed by atoms with Gasteiger partial charge in [0.05, 0.1) is 6.61 Å². The number of hydrogen-bond acceptors (Lipinski definition) is 5. The van der Waals surface area contributed by atoms with Gasteiger partial charge < -0.3 is 4.74 Å². The van der Waals surface area contributed by atoms with Gasteiger partial charge in [-0.1, -0.05) is 23.8 Å². The molecule has 0 saturated carbocycles. The number of aryl methyl sites for hydroxylation is 1. The highest BCUT2D eigenvalue weighted by molar-refractivity contribution is 7.92. The van der Waals surface area contributed by atoms with Crippen molar-refractivity contribution in [1.29, 1.82) is 0 Å². The van der Waals surface area contributed by atoms with Gasteiger partial charge in [-0.05, 0) is 19.9 Å². The fraction of sp³-hybridized carbons (Fsp3) is 0.385. The van der Waals surface area contributed by atoms with Crippen LogP contribution in [0.15, 0.2) is 24.3 Å². The number of hydrogen-bond donors (Lipinski definition) is 0. The molecule has 1 aromatic carbocycles. The number of ether oxygens (including phenoxy) is 1. The zero-order chi connectivity index (χ0) is 14.5. The van der Waals surface area contributed by atoms with Crippen LogP contribution in [0.25, 0.3) is 0 Å². The Morgan fingerprint density at radius 2 is 1.89 bits per heavy atom. The van der Waals surface area contributed by atoms with Crippen molar-refractivity contribution in [3.63, 3.8) is 0 Å². The van der Waals surface area contributed by atoms with E-state index in [9.17, 15) is 18.0 Å². The Morgan fingerprint density at radius 1 is 1.21 bits per heavy atom. The maximum absolute atomic E-state index is 11.8. The van der Waals surface area contributed by atoms with Crippen molar-refractivity contribution in [3.8, 4) is 0 Å². The summed E-state index contributed by atoms with van der Waals surface area (Å²) in [5.41, 5.74) is 1.20. The second-order valence-electron chi connectivity index (χ2n) is 4.13. The number of carbonyl (C=O) groups excluding carboxylic acids is 2. The average molecular weight is 284 g/mol. The van der Waals surface area contributed by atoms with E-state index in [1.165, 1.54) is 0 Å². The second kappa shape index (κ2) is 6.47. The van der Waals surface area contributed by atoms with Crippen LogP contribution in [0.1, 0.15) is 22.8 Å². The third-order valence-electron chi connectivity index (χ3n) is 2.33. The highest BCUT2D eigenvalue weighted by Crippen LogP contribution is 2.07. The van der Waals surface area contributed by atoms with Crippen LogP contribution in [-0.2, 0) is 19.4 Å². The van der Waals surface area contributed by atoms with E-state index in [-0.39, 0.29) is 6.61 Å². The molecule has 104 valence electrons. The lowest BCUT2D eigenvalue weighted by molar-refractivity contribution is -0.139. The van der Waals surface area contributed by atoms with Crippen molar-refractivity contribution in [1.82, 2.24) is 0 Å². The largest absolute Gasteiger partial charge is 0.465 e. The summed E-state index contributed by atoms with van der Waals surface area (Å²) >= 11 is 0. The molecule has 0 amide bonds. The standard InChI is InChI=1S/C13H16O5S/c1-3-18-13(15)9-19(16,17)8-12(14)11-6-4-5-10(2)7-11/h4-7H,3,8-9H2,1-2H3. The van der Waals surface area contributed by atoms with Crippen molar-refractivity contribution in [2.24, 2.45) is 0 Å². The highest BCUT2D eigenvalue weighted by atomic mass is 32.2. The molecule has 0 heterocycles. The molecule has 0 aromatic heterocycles. The zero-order valence-corrected chi connectivity index (χ0v) is 11.7. The van der Waals surface area contributed by atoms with Gasteiger partial charge >= 0.3 is 5.97 Å². The number of carbonyl (C=O) groups is 2. The number of rotatable bonds is 6. The lowest BCUT2D eigenvalue weighted by atomic mass is 10.1. The molecule has 0 aliphatic carbocycles. The van der Waals surface area contributed by atoms with Crippen LogP contribution in [0.3, 0.4) is 0 Å². The minimum atomic E-state index is -3.79. The Kier molecular flexibility index (Phi) is 5.23. The Bertz CT molecular complexity index is 574. The van der Waals surface area contributed by atoms with E-state index in [4.69, 9.17) is 0 Å². The molecular weight excluding hydrogens is 268 g/mol. The summed E-state index contributed by atoms with van der Waals surface area (Å²) in [6.07, 6.45) is 0. The van der Waals surface area contributed by atoms with Gasteiger partial charge in [0.25, 0.3) is 0 Å². The zero-order valence-electron chi connectivity index (χ0n) is 10.9. The molecule has 0 radical (unpaired) electrons. The van der Waals surface area contributed by atoms with Crippen LogP contribution in [0.5, 0.6) is 0 Å². The van der Waals surface area contributed by atoms with Gasteiger partial charge in [-0.2, -0.15) is 0 Å². The maximum Gasteiger partial charge on any atom is 0.321 e. The molecule has 0 spiro atoms. The minimum Gasteiger partial charge on any atom is -0.465 e. The maximum atomic E-state index is 11.8. The molecule has 19 heavy (non-hydrogen) atoms. The van der Waals surface area contributed by atoms with E-state index in [0.29, 0.717) is 5.56 Å². The van der Waals surface area contributed by atoms with Gasteiger partial charge in [0.1, 0.15) is 11.5 Å². The molecule has 0 aliphatic rings. The monoisotopic (exact) mass is 284 g/mol. The molecule has 0 bridgehead atoms. The highest BCUT2D eigenvalue weighted by Gasteiger charge is 2.22. The minimum absolute atomic E-state index is 0.111. The molecule has 0 N–H and O–H groups in total. The quantitative estimate of drug-likeness (QED) is 0.578. The number of esters is 1. The van der Waals surface area contributed by atoms with E-state index in [1.54, 1.807) is 25.1 Å². The third-order valence-corrected chi connectivity index (χ3v) is 3.71. The van der Waals surface area contributed by atoms with Gasteiger partial charge in [0.2, 0.25) is 0 Å². The van der Waals surface area contributed by atoms with Crippen molar-refractivity contribution in [2.45, 2.75) is 13.8 Å². The molecule has 0 atom stereocenters. The van der Waals surface area contributed by atoms with Crippen LogP contribution < -0.4 is 0 Å². The first-order valence-corrected chi connectivity index (χ1v) is 7.62. The van der Waals surface area contributed by atoms with Crippen LogP contribution in [0.2, 0.25) is 0 Å². The molecule has 1 rings (SSSR count). The lowest BCUT2D eigenvalue weighted by Crippen LogP contribution is -2.25. The molecule has 5 nitrogen and oxygen atoms in total. The van der Waals surface area contributed by atoms with E-state index in [0.717, 1.165) is 5.56 Å². The van der Waals surface area contributed by atoms with Crippen molar-refractivity contribution < 1.29 is 22.7 Å². The van der Waals surface area contributed by atoms with E-state index in [2.05, 4.69) is 4.74 Å². The van der Waals surface area contributed by atoms with Gasteiger partial charge in [0, 0.05) is 5.56 Å².